The Balaban J connectivity index is 1.39. The van der Waals surface area contributed by atoms with Crippen LogP contribution in [0.5, 0.6) is 5.75 Å². The van der Waals surface area contributed by atoms with Crippen molar-refractivity contribution in [2.75, 3.05) is 11.5 Å². The van der Waals surface area contributed by atoms with Gasteiger partial charge in [-0.05, 0) is 62.2 Å². The van der Waals surface area contributed by atoms with Crippen molar-refractivity contribution in [3.63, 3.8) is 0 Å². The highest BCUT2D eigenvalue weighted by Gasteiger charge is 2.73. The summed E-state index contributed by atoms with van der Waals surface area (Å²) in [5.41, 5.74) is -5.12. The van der Waals surface area contributed by atoms with Gasteiger partial charge in [-0.2, -0.15) is 31.6 Å². The minimum Gasteiger partial charge on any atom is -0.493 e. The number of halogens is 6. The van der Waals surface area contributed by atoms with Crippen LogP contribution in [-0.4, -0.2) is 29.6 Å². The van der Waals surface area contributed by atoms with Crippen molar-refractivity contribution in [2.24, 2.45) is 11.8 Å². The quantitative estimate of drug-likeness (QED) is 0.372. The monoisotopic (exact) mass is 538 g/mol. The zero-order valence-corrected chi connectivity index (χ0v) is 19.8. The van der Waals surface area contributed by atoms with Crippen molar-refractivity contribution in [1.29, 1.82) is 5.26 Å². The lowest BCUT2D eigenvalue weighted by molar-refractivity contribution is -0.138. The smallest absolute Gasteiger partial charge is 0.417 e. The van der Waals surface area contributed by atoms with Gasteiger partial charge in [0.05, 0.1) is 58.1 Å². The van der Waals surface area contributed by atoms with E-state index in [1.165, 1.54) is 18.2 Å². The van der Waals surface area contributed by atoms with Crippen molar-refractivity contribution in [2.45, 2.75) is 49.7 Å². The second-order valence-electron chi connectivity index (χ2n) is 9.91. The summed E-state index contributed by atoms with van der Waals surface area (Å²) in [6.45, 7) is 1.66. The maximum atomic E-state index is 13.5. The molecule has 3 saturated heterocycles. The first kappa shape index (κ1) is 26.0. The Morgan fingerprint density at radius 3 is 2.26 bits per heavy atom. The van der Waals surface area contributed by atoms with Crippen molar-refractivity contribution in [3.8, 4) is 11.8 Å². The van der Waals surface area contributed by atoms with Gasteiger partial charge in [-0.3, -0.25) is 9.59 Å². The zero-order valence-electron chi connectivity index (χ0n) is 19.8. The van der Waals surface area contributed by atoms with Gasteiger partial charge in [-0.1, -0.05) is 0 Å². The molecular formula is C26H20F6N2O4. The van der Waals surface area contributed by atoms with E-state index in [9.17, 15) is 35.9 Å². The van der Waals surface area contributed by atoms with Gasteiger partial charge in [-0.15, -0.1) is 0 Å². The molecule has 3 fully saturated rings. The van der Waals surface area contributed by atoms with Gasteiger partial charge in [0, 0.05) is 6.42 Å². The topological polar surface area (TPSA) is 79.6 Å². The fraction of sp³-hybridized carbons (Fsp3) is 0.423. The van der Waals surface area contributed by atoms with E-state index in [-0.39, 0.29) is 24.5 Å². The van der Waals surface area contributed by atoms with E-state index in [0.29, 0.717) is 18.9 Å². The number of rotatable bonds is 5. The first-order valence-corrected chi connectivity index (χ1v) is 11.7. The summed E-state index contributed by atoms with van der Waals surface area (Å²) < 4.78 is 90.7. The fourth-order valence-electron chi connectivity index (χ4n) is 5.95. The molecule has 2 aromatic carbocycles. The molecule has 2 amide bonds. The molecule has 3 aliphatic rings. The van der Waals surface area contributed by atoms with Crippen molar-refractivity contribution < 1.29 is 45.4 Å². The van der Waals surface area contributed by atoms with Crippen LogP contribution in [0, 0.1) is 23.2 Å². The van der Waals surface area contributed by atoms with Crippen LogP contribution in [0.4, 0.5) is 32.0 Å². The van der Waals surface area contributed by atoms with E-state index in [0.717, 1.165) is 29.2 Å². The van der Waals surface area contributed by atoms with E-state index in [1.807, 2.05) is 0 Å². The van der Waals surface area contributed by atoms with Crippen LogP contribution in [0.1, 0.15) is 42.9 Å². The largest absolute Gasteiger partial charge is 0.493 e. The highest BCUT2D eigenvalue weighted by atomic mass is 19.4. The molecule has 38 heavy (non-hydrogen) atoms. The average molecular weight is 538 g/mol. The summed E-state index contributed by atoms with van der Waals surface area (Å²) in [4.78, 5) is 27.7. The highest BCUT2D eigenvalue weighted by Crippen LogP contribution is 2.62. The number of hydrogen-bond donors (Lipinski definition) is 0. The molecule has 0 aliphatic carbocycles. The van der Waals surface area contributed by atoms with E-state index in [2.05, 4.69) is 0 Å². The lowest BCUT2D eigenvalue weighted by Gasteiger charge is -2.31. The van der Waals surface area contributed by atoms with Crippen LogP contribution < -0.4 is 9.64 Å². The van der Waals surface area contributed by atoms with Gasteiger partial charge in [0.1, 0.15) is 5.75 Å². The molecule has 200 valence electrons. The third-order valence-corrected chi connectivity index (χ3v) is 7.67. The molecule has 3 heterocycles. The predicted octanol–water partition coefficient (Wildman–Crippen LogP) is 5.49. The lowest BCUT2D eigenvalue weighted by atomic mass is 9.67. The molecular weight excluding hydrogens is 518 g/mol. The number of anilines is 1. The van der Waals surface area contributed by atoms with E-state index in [1.54, 1.807) is 6.92 Å². The molecule has 1 unspecified atom stereocenters. The molecule has 2 bridgehead atoms. The van der Waals surface area contributed by atoms with Crippen LogP contribution in [0.15, 0.2) is 42.5 Å². The fourth-order valence-corrected chi connectivity index (χ4v) is 5.95. The van der Waals surface area contributed by atoms with Crippen LogP contribution in [-0.2, 0) is 26.7 Å². The Bertz CT molecular complexity index is 1350. The Labute approximate surface area is 212 Å². The van der Waals surface area contributed by atoms with E-state index >= 15 is 0 Å². The first-order valence-electron chi connectivity index (χ1n) is 11.7. The molecule has 0 N–H and O–H groups in total. The number of carbonyl (C=O) groups excluding carboxylic acids is 2. The standard InChI is InChI=1S/C26H20F6N2O4/c1-23-8-9-24(38-23,10-11-37-17-6-3-15(4-7-17)25(27,28)29)20-19(23)21(35)34(22(20)36)16-5-2-14(13-33)18(12-16)26(30,31)32/h2-7,12,19-20H,8-11H2,1H3/t19-,20+,23-,24?/m0/s1. The SMILES string of the molecule is C[C@@]12CCC(CCOc3ccc(C(F)(F)F)cc3)(O1)[C@H]1C(=O)N(c3ccc(C#N)c(C(F)(F)F)c3)C(=O)[C@H]12. The van der Waals surface area contributed by atoms with Crippen molar-refractivity contribution in [1.82, 2.24) is 0 Å². The second kappa shape index (κ2) is 8.46. The molecule has 2 aromatic rings. The number of hydrogen-bond acceptors (Lipinski definition) is 5. The number of nitriles is 1. The summed E-state index contributed by atoms with van der Waals surface area (Å²) >= 11 is 0. The number of amides is 2. The second-order valence-corrected chi connectivity index (χ2v) is 9.91. The van der Waals surface area contributed by atoms with Crippen LogP contribution in [0.3, 0.4) is 0 Å². The minimum absolute atomic E-state index is 0.0266. The third kappa shape index (κ3) is 4.00. The minimum atomic E-state index is -4.87. The molecule has 12 heteroatoms. The summed E-state index contributed by atoms with van der Waals surface area (Å²) in [5, 5.41) is 9.06. The Kier molecular flexibility index (Phi) is 5.80. The summed E-state index contributed by atoms with van der Waals surface area (Å²) in [7, 11) is 0. The number of carbonyl (C=O) groups is 2. The van der Waals surface area contributed by atoms with Crippen molar-refractivity contribution in [3.05, 3.63) is 59.2 Å². The number of ether oxygens (including phenoxy) is 2. The summed E-state index contributed by atoms with van der Waals surface area (Å²) in [6, 6.07) is 8.26. The predicted molar refractivity (Wildman–Crippen MR) is 119 cm³/mol. The van der Waals surface area contributed by atoms with Gasteiger partial charge >= 0.3 is 12.4 Å². The molecule has 4 atom stereocenters. The Hall–Kier alpha value is -3.59. The summed E-state index contributed by atoms with van der Waals surface area (Å²) in [5.74, 6) is -3.08. The Morgan fingerprint density at radius 2 is 1.66 bits per heavy atom. The van der Waals surface area contributed by atoms with Gasteiger partial charge in [0.15, 0.2) is 0 Å². The molecule has 6 nitrogen and oxygen atoms in total. The number of fused-ring (bicyclic) bond motifs is 5. The molecule has 5 rings (SSSR count). The maximum Gasteiger partial charge on any atom is 0.417 e. The molecule has 0 saturated carbocycles. The molecule has 3 aliphatic heterocycles. The molecule has 0 aromatic heterocycles. The van der Waals surface area contributed by atoms with Gasteiger partial charge in [-0.25, -0.2) is 4.90 Å². The average Bonchev–Trinajstić information content (AvgIpc) is 3.42. The normalized spacial score (nSPS) is 28.5. The van der Waals surface area contributed by atoms with Crippen LogP contribution in [0.25, 0.3) is 0 Å². The van der Waals surface area contributed by atoms with Gasteiger partial charge in [0.2, 0.25) is 11.8 Å². The Morgan fingerprint density at radius 1 is 1.00 bits per heavy atom. The zero-order chi connectivity index (χ0) is 27.7. The maximum absolute atomic E-state index is 13.5. The summed E-state index contributed by atoms with van der Waals surface area (Å²) in [6.07, 6.45) is -8.39. The highest BCUT2D eigenvalue weighted by molar-refractivity contribution is 6.23. The molecule has 0 spiro atoms. The number of nitrogens with zero attached hydrogens (tertiary/aromatic N) is 2. The van der Waals surface area contributed by atoms with Gasteiger partial charge < -0.3 is 9.47 Å². The van der Waals surface area contributed by atoms with Crippen molar-refractivity contribution >= 4 is 17.5 Å². The number of benzene rings is 2. The molecule has 0 radical (unpaired) electrons. The first-order chi connectivity index (χ1) is 17.7. The number of alkyl halides is 6. The van der Waals surface area contributed by atoms with Gasteiger partial charge in [0.25, 0.3) is 0 Å². The lowest BCUT2D eigenvalue weighted by Crippen LogP contribution is -2.43. The van der Waals surface area contributed by atoms with Crippen LogP contribution in [0.2, 0.25) is 0 Å². The van der Waals surface area contributed by atoms with Crippen LogP contribution >= 0.6 is 0 Å². The third-order valence-electron chi connectivity index (χ3n) is 7.67. The van der Waals surface area contributed by atoms with E-state index < -0.39 is 63.9 Å². The number of imide groups is 1. The van der Waals surface area contributed by atoms with E-state index in [4.69, 9.17) is 14.7 Å².